The molecule has 1 aliphatic heterocycles. The predicted octanol–water partition coefficient (Wildman–Crippen LogP) is 2.77. The molecule has 1 heterocycles. The maximum Gasteiger partial charge on any atom is 0.0366 e. The number of benzene rings is 1. The van der Waals surface area contributed by atoms with Gasteiger partial charge in [0, 0.05) is 30.7 Å². The van der Waals surface area contributed by atoms with Gasteiger partial charge in [-0.05, 0) is 30.5 Å². The molecule has 0 spiro atoms. The second-order valence-electron chi connectivity index (χ2n) is 4.93. The highest BCUT2D eigenvalue weighted by atomic mass is 15.2. The number of nitrogens with two attached hydrogens (primary N) is 1. The molecule has 1 aromatic carbocycles. The van der Waals surface area contributed by atoms with Gasteiger partial charge in [0.1, 0.15) is 0 Å². The van der Waals surface area contributed by atoms with Gasteiger partial charge in [-0.15, -0.1) is 0 Å². The zero-order valence-electron chi connectivity index (χ0n) is 10.4. The van der Waals surface area contributed by atoms with Gasteiger partial charge in [0.25, 0.3) is 0 Å². The monoisotopic (exact) mass is 218 g/mol. The minimum Gasteiger partial charge on any atom is -0.370 e. The van der Waals surface area contributed by atoms with Crippen molar-refractivity contribution in [1.29, 1.82) is 0 Å². The summed E-state index contributed by atoms with van der Waals surface area (Å²) in [4.78, 5) is 2.47. The molecule has 0 bridgehead atoms. The Morgan fingerprint density at radius 3 is 2.12 bits per heavy atom. The van der Waals surface area contributed by atoms with E-state index in [2.05, 4.69) is 43.0 Å². The second-order valence-corrected chi connectivity index (χ2v) is 4.93. The summed E-state index contributed by atoms with van der Waals surface area (Å²) in [6.07, 6.45) is 2.59. The Kier molecular flexibility index (Phi) is 3.20. The van der Waals surface area contributed by atoms with Gasteiger partial charge in [-0.1, -0.05) is 26.0 Å². The van der Waals surface area contributed by atoms with Gasteiger partial charge < -0.3 is 10.6 Å². The van der Waals surface area contributed by atoms with Gasteiger partial charge in [0.15, 0.2) is 0 Å². The number of hydrogen-bond donors (Lipinski definition) is 1. The van der Waals surface area contributed by atoms with E-state index < -0.39 is 0 Å². The van der Waals surface area contributed by atoms with Crippen LogP contribution in [0.4, 0.5) is 5.69 Å². The van der Waals surface area contributed by atoms with E-state index in [0.29, 0.717) is 12.0 Å². The average Bonchev–Trinajstić information content (AvgIpc) is 2.30. The Hall–Kier alpha value is -1.02. The second kappa shape index (κ2) is 4.46. The van der Waals surface area contributed by atoms with Crippen LogP contribution in [0.1, 0.15) is 32.3 Å². The molecule has 0 radical (unpaired) electrons. The lowest BCUT2D eigenvalue weighted by Gasteiger charge is -2.51. The molecule has 1 fully saturated rings. The van der Waals surface area contributed by atoms with Gasteiger partial charge in [-0.25, -0.2) is 0 Å². The molecule has 2 N–H and O–H groups in total. The van der Waals surface area contributed by atoms with Crippen molar-refractivity contribution in [2.45, 2.75) is 33.2 Å². The summed E-state index contributed by atoms with van der Waals surface area (Å²) in [6.45, 7) is 7.66. The van der Waals surface area contributed by atoms with Crippen molar-refractivity contribution in [1.82, 2.24) is 0 Å². The highest BCUT2D eigenvalue weighted by molar-refractivity contribution is 5.50. The lowest BCUT2D eigenvalue weighted by Crippen LogP contribution is -2.55. The fourth-order valence-corrected chi connectivity index (χ4v) is 2.49. The smallest absolute Gasteiger partial charge is 0.0366 e. The van der Waals surface area contributed by atoms with Crippen LogP contribution in [0.15, 0.2) is 24.3 Å². The highest BCUT2D eigenvalue weighted by Gasteiger charge is 2.39. The van der Waals surface area contributed by atoms with Gasteiger partial charge in [-0.3, -0.25) is 0 Å². The van der Waals surface area contributed by atoms with Crippen molar-refractivity contribution in [3.05, 3.63) is 29.8 Å². The van der Waals surface area contributed by atoms with Crippen molar-refractivity contribution in [3.8, 4) is 0 Å². The van der Waals surface area contributed by atoms with Crippen LogP contribution in [0, 0.1) is 5.41 Å². The van der Waals surface area contributed by atoms with Crippen LogP contribution < -0.4 is 10.6 Å². The van der Waals surface area contributed by atoms with Crippen molar-refractivity contribution in [3.63, 3.8) is 0 Å². The molecule has 0 unspecified atom stereocenters. The predicted molar refractivity (Wildman–Crippen MR) is 69.6 cm³/mol. The summed E-state index contributed by atoms with van der Waals surface area (Å²) in [5.41, 5.74) is 8.72. The minimum atomic E-state index is 0.576. The molecule has 2 heteroatoms. The Morgan fingerprint density at radius 2 is 1.69 bits per heavy atom. The van der Waals surface area contributed by atoms with Gasteiger partial charge in [0.2, 0.25) is 0 Å². The molecule has 0 aliphatic carbocycles. The topological polar surface area (TPSA) is 29.3 Å². The number of anilines is 1. The fraction of sp³-hybridized carbons (Fsp3) is 0.571. The van der Waals surface area contributed by atoms with Crippen molar-refractivity contribution in [2.75, 3.05) is 18.0 Å². The third-order valence-corrected chi connectivity index (χ3v) is 4.09. The van der Waals surface area contributed by atoms with E-state index in [1.54, 1.807) is 0 Å². The lowest BCUT2D eigenvalue weighted by atomic mass is 9.75. The molecular formula is C14H22N2. The van der Waals surface area contributed by atoms with E-state index in [1.807, 2.05) is 0 Å². The summed E-state index contributed by atoms with van der Waals surface area (Å²) in [5, 5.41) is 0. The maximum atomic E-state index is 5.60. The molecule has 16 heavy (non-hydrogen) atoms. The van der Waals surface area contributed by atoms with E-state index in [1.165, 1.54) is 37.2 Å². The minimum absolute atomic E-state index is 0.576. The lowest BCUT2D eigenvalue weighted by molar-refractivity contribution is 0.194. The molecule has 0 saturated carbocycles. The van der Waals surface area contributed by atoms with E-state index in [9.17, 15) is 0 Å². The van der Waals surface area contributed by atoms with Crippen LogP contribution in [0.2, 0.25) is 0 Å². The SMILES string of the molecule is CCC1(CC)CN(c2ccc(CN)cc2)C1. The summed E-state index contributed by atoms with van der Waals surface area (Å²) < 4.78 is 0. The highest BCUT2D eigenvalue weighted by Crippen LogP contribution is 2.39. The first-order valence-corrected chi connectivity index (χ1v) is 6.27. The molecule has 1 saturated heterocycles. The number of hydrogen-bond acceptors (Lipinski definition) is 2. The first kappa shape index (κ1) is 11.5. The summed E-state index contributed by atoms with van der Waals surface area (Å²) in [6, 6.07) is 8.65. The molecule has 2 nitrogen and oxygen atoms in total. The normalized spacial score (nSPS) is 18.3. The molecule has 0 amide bonds. The van der Waals surface area contributed by atoms with E-state index in [4.69, 9.17) is 5.73 Å². The molecule has 0 aromatic heterocycles. The van der Waals surface area contributed by atoms with Crippen molar-refractivity contribution < 1.29 is 0 Å². The zero-order chi connectivity index (χ0) is 11.6. The first-order valence-electron chi connectivity index (χ1n) is 6.27. The molecule has 88 valence electrons. The molecule has 0 atom stereocenters. The summed E-state index contributed by atoms with van der Waals surface area (Å²) >= 11 is 0. The van der Waals surface area contributed by atoms with Crippen molar-refractivity contribution >= 4 is 5.69 Å². The van der Waals surface area contributed by atoms with Crippen LogP contribution in [-0.4, -0.2) is 13.1 Å². The molecule has 2 rings (SSSR count). The molecule has 1 aromatic rings. The Labute approximate surface area is 98.4 Å². The number of nitrogens with zero attached hydrogens (tertiary/aromatic N) is 1. The fourth-order valence-electron chi connectivity index (χ4n) is 2.49. The first-order chi connectivity index (χ1) is 7.73. The average molecular weight is 218 g/mol. The van der Waals surface area contributed by atoms with Crippen molar-refractivity contribution in [2.24, 2.45) is 11.1 Å². The summed E-state index contributed by atoms with van der Waals surface area (Å²) in [5.74, 6) is 0. The van der Waals surface area contributed by atoms with Gasteiger partial charge >= 0.3 is 0 Å². The third-order valence-electron chi connectivity index (χ3n) is 4.09. The summed E-state index contributed by atoms with van der Waals surface area (Å²) in [7, 11) is 0. The van der Waals surface area contributed by atoms with Crippen LogP contribution in [0.25, 0.3) is 0 Å². The molecule has 1 aliphatic rings. The number of rotatable bonds is 4. The zero-order valence-corrected chi connectivity index (χ0v) is 10.4. The maximum absolute atomic E-state index is 5.60. The van der Waals surface area contributed by atoms with Crippen LogP contribution >= 0.6 is 0 Å². The van der Waals surface area contributed by atoms with Crippen LogP contribution in [0.3, 0.4) is 0 Å². The van der Waals surface area contributed by atoms with E-state index in [-0.39, 0.29) is 0 Å². The van der Waals surface area contributed by atoms with E-state index >= 15 is 0 Å². The van der Waals surface area contributed by atoms with Crippen LogP contribution in [-0.2, 0) is 6.54 Å². The Bertz CT molecular complexity index is 330. The third kappa shape index (κ3) is 1.94. The largest absolute Gasteiger partial charge is 0.370 e. The van der Waals surface area contributed by atoms with Gasteiger partial charge in [0.05, 0.1) is 0 Å². The molecular weight excluding hydrogens is 196 g/mol. The quantitative estimate of drug-likeness (QED) is 0.842. The Balaban J connectivity index is 2.00. The Morgan fingerprint density at radius 1 is 1.12 bits per heavy atom. The van der Waals surface area contributed by atoms with E-state index in [0.717, 1.165) is 0 Å². The van der Waals surface area contributed by atoms with Gasteiger partial charge in [-0.2, -0.15) is 0 Å². The van der Waals surface area contributed by atoms with Crippen LogP contribution in [0.5, 0.6) is 0 Å². The standard InChI is InChI=1S/C14H22N2/c1-3-14(4-2)10-16(11-14)13-7-5-12(9-15)6-8-13/h5-8H,3-4,9-11,15H2,1-2H3.